The lowest BCUT2D eigenvalue weighted by molar-refractivity contribution is -0.384. The molecule has 0 amide bonds. The molecule has 2 aliphatic heterocycles. The third kappa shape index (κ3) is 3.31. The predicted octanol–water partition coefficient (Wildman–Crippen LogP) is 1.70. The van der Waals surface area contributed by atoms with Crippen LogP contribution >= 0.6 is 0 Å². The summed E-state index contributed by atoms with van der Waals surface area (Å²) in [5, 5.41) is 17.8. The summed E-state index contributed by atoms with van der Waals surface area (Å²) in [7, 11) is 0. The van der Waals surface area contributed by atoms with Crippen LogP contribution in [-0.2, 0) is 11.2 Å². The maximum Gasteiger partial charge on any atom is 0.292 e. The van der Waals surface area contributed by atoms with Gasteiger partial charge >= 0.3 is 0 Å². The molecule has 3 rings (SSSR count). The summed E-state index contributed by atoms with van der Waals surface area (Å²) in [5.74, 6) is 0. The van der Waals surface area contributed by atoms with Crippen LogP contribution in [0.2, 0.25) is 0 Å². The fourth-order valence-corrected chi connectivity index (χ4v) is 3.07. The Morgan fingerprint density at radius 2 is 2.18 bits per heavy atom. The number of benzene rings is 1. The zero-order chi connectivity index (χ0) is 15.4. The quantitative estimate of drug-likeness (QED) is 0.473. The molecule has 0 atom stereocenters. The zero-order valence-corrected chi connectivity index (χ0v) is 12.6. The van der Waals surface area contributed by atoms with E-state index in [9.17, 15) is 10.1 Å². The summed E-state index contributed by atoms with van der Waals surface area (Å²) in [4.78, 5) is 13.3. The molecule has 0 aliphatic carbocycles. The molecule has 1 saturated heterocycles. The van der Waals surface area contributed by atoms with Gasteiger partial charge in [-0.05, 0) is 25.5 Å². The van der Waals surface area contributed by atoms with Crippen molar-refractivity contribution in [1.29, 1.82) is 0 Å². The van der Waals surface area contributed by atoms with Gasteiger partial charge in [-0.1, -0.05) is 0 Å². The van der Waals surface area contributed by atoms with Crippen LogP contribution in [0, 0.1) is 10.1 Å². The van der Waals surface area contributed by atoms with E-state index >= 15 is 0 Å². The molecule has 1 fully saturated rings. The molecular weight excluding hydrogens is 284 g/mol. The summed E-state index contributed by atoms with van der Waals surface area (Å²) < 4.78 is 5.33. The maximum absolute atomic E-state index is 11.2. The van der Waals surface area contributed by atoms with Gasteiger partial charge < -0.3 is 15.4 Å². The van der Waals surface area contributed by atoms with Gasteiger partial charge in [0.25, 0.3) is 5.69 Å². The minimum Gasteiger partial charge on any atom is -0.384 e. The first-order chi connectivity index (χ1) is 10.8. The van der Waals surface area contributed by atoms with Gasteiger partial charge in [0.05, 0.1) is 18.1 Å². The van der Waals surface area contributed by atoms with Crippen LogP contribution in [0.4, 0.5) is 17.1 Å². The topological polar surface area (TPSA) is 79.7 Å². The first-order valence-electron chi connectivity index (χ1n) is 7.84. The third-order valence-corrected chi connectivity index (χ3v) is 4.23. The molecule has 2 N–H and O–H groups in total. The Hall–Kier alpha value is -1.86. The van der Waals surface area contributed by atoms with Crippen molar-refractivity contribution in [3.8, 4) is 0 Å². The monoisotopic (exact) mass is 306 g/mol. The minimum atomic E-state index is -0.303. The second-order valence-corrected chi connectivity index (χ2v) is 5.65. The molecule has 0 radical (unpaired) electrons. The number of nitro groups is 1. The molecule has 22 heavy (non-hydrogen) atoms. The second kappa shape index (κ2) is 6.93. The summed E-state index contributed by atoms with van der Waals surface area (Å²) in [6.07, 6.45) is 1.80. The Labute approximate surface area is 129 Å². The SMILES string of the molecule is O=[N+]([O-])c1ccc2c(c1NCCCN1CCOCC1)CCN2. The zero-order valence-electron chi connectivity index (χ0n) is 12.6. The van der Waals surface area contributed by atoms with E-state index in [1.807, 2.05) is 0 Å². The molecule has 2 heterocycles. The van der Waals surface area contributed by atoms with Gasteiger partial charge in [0, 0.05) is 43.5 Å². The van der Waals surface area contributed by atoms with Crippen molar-refractivity contribution in [3.05, 3.63) is 27.8 Å². The summed E-state index contributed by atoms with van der Waals surface area (Å²) in [6.45, 7) is 6.15. The smallest absolute Gasteiger partial charge is 0.292 e. The number of ether oxygens (including phenoxy) is 1. The Morgan fingerprint density at radius 1 is 1.36 bits per heavy atom. The number of hydrogen-bond acceptors (Lipinski definition) is 6. The first-order valence-corrected chi connectivity index (χ1v) is 7.84. The van der Waals surface area contributed by atoms with Gasteiger partial charge in [0.1, 0.15) is 5.69 Å². The molecule has 120 valence electrons. The standard InChI is InChI=1S/C15H22N4O3/c20-19(21)14-3-2-13-12(4-6-16-13)15(14)17-5-1-7-18-8-10-22-11-9-18/h2-3,16-17H,1,4-11H2. The van der Waals surface area contributed by atoms with Gasteiger partial charge in [-0.25, -0.2) is 0 Å². The highest BCUT2D eigenvalue weighted by atomic mass is 16.6. The number of nitrogens with zero attached hydrogens (tertiary/aromatic N) is 2. The lowest BCUT2D eigenvalue weighted by Gasteiger charge is -2.26. The highest BCUT2D eigenvalue weighted by Crippen LogP contribution is 2.36. The minimum absolute atomic E-state index is 0.175. The molecule has 7 heteroatoms. The number of nitrogens with one attached hydrogen (secondary N) is 2. The Kier molecular flexibility index (Phi) is 4.74. The lowest BCUT2D eigenvalue weighted by Crippen LogP contribution is -2.37. The number of fused-ring (bicyclic) bond motifs is 1. The van der Waals surface area contributed by atoms with Crippen LogP contribution < -0.4 is 10.6 Å². The van der Waals surface area contributed by atoms with Gasteiger partial charge in [0.2, 0.25) is 0 Å². The fraction of sp³-hybridized carbons (Fsp3) is 0.600. The number of rotatable bonds is 6. The number of anilines is 2. The fourth-order valence-electron chi connectivity index (χ4n) is 3.07. The van der Waals surface area contributed by atoms with E-state index < -0.39 is 0 Å². The molecule has 0 aromatic heterocycles. The number of hydrogen-bond donors (Lipinski definition) is 2. The van der Waals surface area contributed by atoms with E-state index in [0.717, 1.165) is 70.0 Å². The molecule has 7 nitrogen and oxygen atoms in total. The van der Waals surface area contributed by atoms with Crippen LogP contribution in [0.5, 0.6) is 0 Å². The average molecular weight is 306 g/mol. The van der Waals surface area contributed by atoms with Gasteiger partial charge in [-0.2, -0.15) is 0 Å². The Balaban J connectivity index is 1.59. The predicted molar refractivity (Wildman–Crippen MR) is 85.7 cm³/mol. The van der Waals surface area contributed by atoms with Crippen LogP contribution in [0.25, 0.3) is 0 Å². The largest absolute Gasteiger partial charge is 0.384 e. The molecule has 1 aromatic carbocycles. The molecule has 1 aromatic rings. The van der Waals surface area contributed by atoms with Crippen molar-refractivity contribution in [2.45, 2.75) is 12.8 Å². The van der Waals surface area contributed by atoms with Gasteiger partial charge in [-0.3, -0.25) is 15.0 Å². The highest BCUT2D eigenvalue weighted by molar-refractivity contribution is 5.77. The average Bonchev–Trinajstić information content (AvgIpc) is 3.01. The maximum atomic E-state index is 11.2. The molecule has 0 unspecified atom stereocenters. The normalized spacial score (nSPS) is 17.8. The molecule has 0 saturated carbocycles. The van der Waals surface area contributed by atoms with Crippen molar-refractivity contribution in [1.82, 2.24) is 4.90 Å². The van der Waals surface area contributed by atoms with E-state index in [4.69, 9.17) is 4.74 Å². The summed E-state index contributed by atoms with van der Waals surface area (Å²) in [6, 6.07) is 3.39. The number of nitro benzene ring substituents is 1. The van der Waals surface area contributed by atoms with E-state index in [1.165, 1.54) is 0 Å². The molecule has 2 aliphatic rings. The highest BCUT2D eigenvalue weighted by Gasteiger charge is 2.23. The molecule has 0 spiro atoms. The van der Waals surface area contributed by atoms with E-state index in [1.54, 1.807) is 12.1 Å². The first kappa shape index (κ1) is 15.1. The van der Waals surface area contributed by atoms with Crippen molar-refractivity contribution in [2.75, 3.05) is 56.6 Å². The van der Waals surface area contributed by atoms with Crippen molar-refractivity contribution >= 4 is 17.1 Å². The summed E-state index contributed by atoms with van der Waals surface area (Å²) in [5.41, 5.74) is 2.92. The van der Waals surface area contributed by atoms with E-state index in [2.05, 4.69) is 15.5 Å². The van der Waals surface area contributed by atoms with Crippen LogP contribution in [0.1, 0.15) is 12.0 Å². The van der Waals surface area contributed by atoms with Crippen LogP contribution in [-0.4, -0.2) is 55.8 Å². The molecule has 0 bridgehead atoms. The third-order valence-electron chi connectivity index (χ3n) is 4.23. The van der Waals surface area contributed by atoms with Crippen molar-refractivity contribution in [3.63, 3.8) is 0 Å². The van der Waals surface area contributed by atoms with E-state index in [0.29, 0.717) is 5.69 Å². The van der Waals surface area contributed by atoms with E-state index in [-0.39, 0.29) is 10.6 Å². The van der Waals surface area contributed by atoms with Crippen LogP contribution in [0.15, 0.2) is 12.1 Å². The molecular formula is C15H22N4O3. The van der Waals surface area contributed by atoms with Gasteiger partial charge in [-0.15, -0.1) is 0 Å². The van der Waals surface area contributed by atoms with Gasteiger partial charge in [0.15, 0.2) is 0 Å². The number of morpholine rings is 1. The lowest BCUT2D eigenvalue weighted by atomic mass is 10.1. The van der Waals surface area contributed by atoms with Crippen molar-refractivity contribution in [2.24, 2.45) is 0 Å². The van der Waals surface area contributed by atoms with Crippen LogP contribution in [0.3, 0.4) is 0 Å². The van der Waals surface area contributed by atoms with Crippen molar-refractivity contribution < 1.29 is 9.66 Å². The summed E-state index contributed by atoms with van der Waals surface area (Å²) >= 11 is 0. The Morgan fingerprint density at radius 3 is 2.95 bits per heavy atom. The Bertz CT molecular complexity index is 544. The second-order valence-electron chi connectivity index (χ2n) is 5.65.